The number of phosphoric acid groups is 2. The zero-order chi connectivity index (χ0) is 65.7. The molecule has 0 bridgehead atoms. The Kier molecular flexibility index (Phi) is 60.8. The van der Waals surface area contributed by atoms with Crippen molar-refractivity contribution in [3.63, 3.8) is 0 Å². The third-order valence-electron chi connectivity index (χ3n) is 16.6. The van der Waals surface area contributed by atoms with Crippen molar-refractivity contribution in [1.29, 1.82) is 0 Å². The molecule has 19 heteroatoms. The molecule has 3 N–H and O–H groups in total. The first-order valence-corrected chi connectivity index (χ1v) is 39.5. The van der Waals surface area contributed by atoms with Gasteiger partial charge < -0.3 is 33.8 Å². The first-order valence-electron chi connectivity index (χ1n) is 36.5. The van der Waals surface area contributed by atoms with Gasteiger partial charge in [0.25, 0.3) is 0 Å². The zero-order valence-electron chi connectivity index (χ0n) is 57.7. The largest absolute Gasteiger partial charge is 0.472 e. The number of hydrogen-bond donors (Lipinski definition) is 3. The monoisotopic (exact) mass is 1310 g/mol. The fourth-order valence-electron chi connectivity index (χ4n) is 10.6. The fraction of sp³-hybridized carbons (Fsp3) is 0.943. The van der Waals surface area contributed by atoms with Crippen LogP contribution in [0.25, 0.3) is 0 Å². The molecule has 0 aliphatic carbocycles. The molecule has 0 saturated heterocycles. The summed E-state index contributed by atoms with van der Waals surface area (Å²) in [5.41, 5.74) is 0. The molecule has 6 atom stereocenters. The van der Waals surface area contributed by atoms with Crippen LogP contribution in [0.5, 0.6) is 0 Å². The van der Waals surface area contributed by atoms with Crippen LogP contribution < -0.4 is 0 Å². The van der Waals surface area contributed by atoms with E-state index in [4.69, 9.17) is 37.0 Å². The Morgan fingerprint density at radius 1 is 0.326 bits per heavy atom. The normalized spacial score (nSPS) is 14.4. The summed E-state index contributed by atoms with van der Waals surface area (Å²) in [6, 6.07) is 0. The molecule has 0 aromatic heterocycles. The van der Waals surface area contributed by atoms with Crippen LogP contribution in [0.3, 0.4) is 0 Å². The van der Waals surface area contributed by atoms with E-state index in [1.165, 1.54) is 167 Å². The van der Waals surface area contributed by atoms with Crippen LogP contribution in [-0.2, 0) is 65.4 Å². The van der Waals surface area contributed by atoms with Crippen molar-refractivity contribution >= 4 is 39.5 Å². The highest BCUT2D eigenvalue weighted by Crippen LogP contribution is 2.45. The van der Waals surface area contributed by atoms with Crippen molar-refractivity contribution in [1.82, 2.24) is 0 Å². The number of phosphoric ester groups is 2. The van der Waals surface area contributed by atoms with E-state index in [-0.39, 0.29) is 25.7 Å². The molecule has 17 nitrogen and oxygen atoms in total. The molecule has 0 aliphatic rings. The van der Waals surface area contributed by atoms with Crippen molar-refractivity contribution in [2.75, 3.05) is 39.6 Å². The highest BCUT2D eigenvalue weighted by Gasteiger charge is 2.30. The topological polar surface area (TPSA) is 237 Å². The summed E-state index contributed by atoms with van der Waals surface area (Å²) in [5.74, 6) is -0.599. The van der Waals surface area contributed by atoms with Crippen LogP contribution in [0.15, 0.2) is 0 Å². The number of unbranched alkanes of at least 4 members (excludes halogenated alkanes) is 38. The standard InChI is InChI=1S/C70H136O17P2/c1-7-10-12-14-15-16-17-24-28-31-34-41-47-53-68(73)81-59-66(86-69(74)54-48-42-35-32-29-26-23-21-19-18-20-22-25-27-30-33-40-45-51-63(6)9-3)61-85-89(78,79)83-57-64(71)56-82-88(76,77)84-60-65(58-80-67(72)52-46-38-13-11-8-2)87-70(75)55-49-43-37-36-39-44-50-62(4)5/h62-66,71H,7-61H2,1-6H3,(H,76,77)(H,78,79)/t63?,64-,65+,66+/m0/s1. The van der Waals surface area contributed by atoms with Gasteiger partial charge >= 0.3 is 39.5 Å². The smallest absolute Gasteiger partial charge is 0.462 e. The molecular weight excluding hydrogens is 1170 g/mol. The molecule has 0 aromatic rings. The van der Waals surface area contributed by atoms with Crippen LogP contribution in [0.4, 0.5) is 0 Å². The molecule has 89 heavy (non-hydrogen) atoms. The van der Waals surface area contributed by atoms with E-state index < -0.39 is 97.5 Å². The lowest BCUT2D eigenvalue weighted by molar-refractivity contribution is -0.161. The minimum absolute atomic E-state index is 0.101. The van der Waals surface area contributed by atoms with E-state index in [2.05, 4.69) is 41.5 Å². The number of carbonyl (C=O) groups excluding carboxylic acids is 4. The maximum Gasteiger partial charge on any atom is 0.472 e. The number of aliphatic hydroxyl groups excluding tert-OH is 1. The van der Waals surface area contributed by atoms with Crippen LogP contribution >= 0.6 is 15.6 Å². The van der Waals surface area contributed by atoms with Crippen molar-refractivity contribution < 1.29 is 80.2 Å². The lowest BCUT2D eigenvalue weighted by atomic mass is 9.99. The van der Waals surface area contributed by atoms with Gasteiger partial charge in [-0.1, -0.05) is 305 Å². The van der Waals surface area contributed by atoms with Crippen molar-refractivity contribution in [3.8, 4) is 0 Å². The quantitative estimate of drug-likeness (QED) is 0.0222. The van der Waals surface area contributed by atoms with E-state index in [1.54, 1.807) is 0 Å². The average Bonchev–Trinajstić information content (AvgIpc) is 3.58. The lowest BCUT2D eigenvalue weighted by Gasteiger charge is -2.21. The van der Waals surface area contributed by atoms with E-state index in [1.807, 2.05) is 0 Å². The number of esters is 4. The van der Waals surface area contributed by atoms with Gasteiger partial charge in [-0.15, -0.1) is 0 Å². The van der Waals surface area contributed by atoms with Crippen LogP contribution in [0, 0.1) is 11.8 Å². The number of ether oxygens (including phenoxy) is 4. The van der Waals surface area contributed by atoms with Gasteiger partial charge in [0.2, 0.25) is 0 Å². The molecule has 0 fully saturated rings. The summed E-state index contributed by atoms with van der Waals surface area (Å²) in [6.07, 6.45) is 47.9. The Morgan fingerprint density at radius 2 is 0.573 bits per heavy atom. The first kappa shape index (κ1) is 87.1. The van der Waals surface area contributed by atoms with Gasteiger partial charge in [0.05, 0.1) is 26.4 Å². The molecular formula is C70H136O17P2. The zero-order valence-corrected chi connectivity index (χ0v) is 59.5. The number of hydrogen-bond acceptors (Lipinski definition) is 15. The SMILES string of the molecule is CCCCCCCCCCCCCCCC(=O)OC[C@H](COP(=O)(O)OC[C@@H](O)COP(=O)(O)OC[C@@H](COC(=O)CCCCCCC)OC(=O)CCCCCCCCC(C)C)OC(=O)CCCCCCCCCCCCCCCCCCCCC(C)CC. The van der Waals surface area contributed by atoms with E-state index >= 15 is 0 Å². The maximum absolute atomic E-state index is 13.0. The predicted molar refractivity (Wildman–Crippen MR) is 358 cm³/mol. The molecule has 0 aliphatic heterocycles. The highest BCUT2D eigenvalue weighted by molar-refractivity contribution is 7.47. The van der Waals surface area contributed by atoms with Gasteiger partial charge in [-0.3, -0.25) is 37.3 Å². The van der Waals surface area contributed by atoms with Crippen molar-refractivity contribution in [2.45, 2.75) is 374 Å². The minimum Gasteiger partial charge on any atom is -0.462 e. The molecule has 528 valence electrons. The summed E-state index contributed by atoms with van der Waals surface area (Å²) in [7, 11) is -9.89. The van der Waals surface area contributed by atoms with E-state index in [9.17, 15) is 43.2 Å². The van der Waals surface area contributed by atoms with Gasteiger partial charge in [0.15, 0.2) is 12.2 Å². The Labute approximate surface area is 543 Å². The van der Waals surface area contributed by atoms with Gasteiger partial charge in [-0.05, 0) is 37.5 Å². The van der Waals surface area contributed by atoms with Crippen molar-refractivity contribution in [2.24, 2.45) is 11.8 Å². The van der Waals surface area contributed by atoms with Gasteiger partial charge in [0, 0.05) is 25.7 Å². The third kappa shape index (κ3) is 63.2. The molecule has 0 rings (SSSR count). The van der Waals surface area contributed by atoms with E-state index in [0.29, 0.717) is 31.6 Å². The van der Waals surface area contributed by atoms with Gasteiger partial charge in [0.1, 0.15) is 19.3 Å². The second kappa shape index (κ2) is 62.2. The van der Waals surface area contributed by atoms with E-state index in [0.717, 1.165) is 102 Å². The first-order chi connectivity index (χ1) is 42.9. The molecule has 0 spiro atoms. The lowest BCUT2D eigenvalue weighted by Crippen LogP contribution is -2.30. The summed E-state index contributed by atoms with van der Waals surface area (Å²) in [6.45, 7) is 9.43. The maximum atomic E-state index is 13.0. The Morgan fingerprint density at radius 3 is 0.854 bits per heavy atom. The molecule has 0 amide bonds. The average molecular weight is 1310 g/mol. The third-order valence-corrected chi connectivity index (χ3v) is 18.5. The molecule has 3 unspecified atom stereocenters. The molecule has 0 aromatic carbocycles. The van der Waals surface area contributed by atoms with Crippen LogP contribution in [0.1, 0.15) is 356 Å². The van der Waals surface area contributed by atoms with Gasteiger partial charge in [-0.25, -0.2) is 9.13 Å². The summed E-state index contributed by atoms with van der Waals surface area (Å²) in [4.78, 5) is 72.1. The molecule has 0 heterocycles. The highest BCUT2D eigenvalue weighted by atomic mass is 31.2. The van der Waals surface area contributed by atoms with Crippen LogP contribution in [-0.4, -0.2) is 96.7 Å². The van der Waals surface area contributed by atoms with Gasteiger partial charge in [-0.2, -0.15) is 0 Å². The minimum atomic E-state index is -4.95. The second-order valence-electron chi connectivity index (χ2n) is 26.0. The Balaban J connectivity index is 5.09. The predicted octanol–water partition coefficient (Wildman–Crippen LogP) is 20.0. The summed E-state index contributed by atoms with van der Waals surface area (Å²) < 4.78 is 68.0. The number of aliphatic hydroxyl groups is 1. The molecule has 0 radical (unpaired) electrons. The Hall–Kier alpha value is -1.94. The van der Waals surface area contributed by atoms with Crippen LogP contribution in [0.2, 0.25) is 0 Å². The number of rotatable bonds is 69. The number of carbonyl (C=O) groups is 4. The second-order valence-corrected chi connectivity index (χ2v) is 28.9. The Bertz CT molecular complexity index is 1740. The molecule has 0 saturated carbocycles. The summed E-state index contributed by atoms with van der Waals surface area (Å²) >= 11 is 0. The van der Waals surface area contributed by atoms with Crippen molar-refractivity contribution in [3.05, 3.63) is 0 Å². The fourth-order valence-corrected chi connectivity index (χ4v) is 12.1. The summed E-state index contributed by atoms with van der Waals surface area (Å²) in [5, 5.41) is 10.5.